The first-order valence-electron chi connectivity index (χ1n) is 10.3. The van der Waals surface area contributed by atoms with Gasteiger partial charge in [-0.3, -0.25) is 4.79 Å². The van der Waals surface area contributed by atoms with Gasteiger partial charge in [0.1, 0.15) is 23.1 Å². The van der Waals surface area contributed by atoms with Gasteiger partial charge in [-0.2, -0.15) is 0 Å². The van der Waals surface area contributed by atoms with E-state index < -0.39 is 0 Å². The van der Waals surface area contributed by atoms with Crippen molar-refractivity contribution in [2.24, 2.45) is 0 Å². The molecule has 0 saturated carbocycles. The molecule has 0 unspecified atom stereocenters. The number of halogens is 2. The molecule has 0 radical (unpaired) electrons. The van der Waals surface area contributed by atoms with Crippen molar-refractivity contribution in [3.05, 3.63) is 73.0 Å². The van der Waals surface area contributed by atoms with Crippen LogP contribution in [0.1, 0.15) is 28.8 Å². The van der Waals surface area contributed by atoms with Crippen molar-refractivity contribution >= 4 is 37.5 Å². The number of H-pyrrole nitrogens is 1. The van der Waals surface area contributed by atoms with Gasteiger partial charge in [0.15, 0.2) is 11.5 Å². The highest BCUT2D eigenvalue weighted by Crippen LogP contribution is 2.40. The molecule has 5 rings (SSSR count). The summed E-state index contributed by atoms with van der Waals surface area (Å²) in [5, 5.41) is 0.735. The molecule has 4 aromatic rings. The summed E-state index contributed by atoms with van der Waals surface area (Å²) < 4.78 is 25.3. The predicted molar refractivity (Wildman–Crippen MR) is 127 cm³/mol. The van der Waals surface area contributed by atoms with Gasteiger partial charge < -0.3 is 14.5 Å². The monoisotopic (exact) mass is 514 g/mol. The maximum absolute atomic E-state index is 13.1. The van der Waals surface area contributed by atoms with E-state index in [-0.39, 0.29) is 18.0 Å². The highest BCUT2D eigenvalue weighted by atomic mass is 79.9. The second kappa shape index (κ2) is 8.67. The highest BCUT2D eigenvalue weighted by Gasteiger charge is 2.21. The number of benzene rings is 2. The largest absolute Gasteiger partial charge is 0.493 e. The third-order valence-corrected chi connectivity index (χ3v) is 7.40. The Kier molecular flexibility index (Phi) is 5.73. The summed E-state index contributed by atoms with van der Waals surface area (Å²) >= 11 is 5.18. The van der Waals surface area contributed by atoms with Gasteiger partial charge in [-0.15, -0.1) is 11.3 Å². The van der Waals surface area contributed by atoms with E-state index in [9.17, 15) is 9.18 Å². The zero-order chi connectivity index (χ0) is 22.2. The van der Waals surface area contributed by atoms with Crippen molar-refractivity contribution in [2.75, 3.05) is 7.11 Å². The summed E-state index contributed by atoms with van der Waals surface area (Å²) in [5.41, 5.74) is 2.62. The lowest BCUT2D eigenvalue weighted by molar-refractivity contribution is 0.282. The molecule has 1 N–H and O–H groups in total. The molecule has 0 aliphatic heterocycles. The molecule has 0 saturated heterocycles. The molecular formula is C24H20BrFN2O3S. The van der Waals surface area contributed by atoms with E-state index in [0.29, 0.717) is 27.4 Å². The van der Waals surface area contributed by atoms with Crippen molar-refractivity contribution in [3.8, 4) is 22.9 Å². The molecule has 2 aromatic heterocycles. The summed E-state index contributed by atoms with van der Waals surface area (Å²) in [6.45, 7) is 0.260. The molecule has 0 amide bonds. The van der Waals surface area contributed by atoms with Gasteiger partial charge in [0.25, 0.3) is 5.56 Å². The number of thiophene rings is 1. The average molecular weight is 515 g/mol. The fraction of sp³-hybridized carbons (Fsp3) is 0.250. The first-order chi connectivity index (χ1) is 15.5. The minimum absolute atomic E-state index is 0.101. The fourth-order valence-corrected chi connectivity index (χ4v) is 5.85. The van der Waals surface area contributed by atoms with Crippen LogP contribution in [0.25, 0.3) is 21.6 Å². The van der Waals surface area contributed by atoms with E-state index in [1.54, 1.807) is 36.6 Å². The second-order valence-corrected chi connectivity index (χ2v) is 9.65. The molecule has 0 bridgehead atoms. The van der Waals surface area contributed by atoms with Crippen molar-refractivity contribution in [1.29, 1.82) is 0 Å². The van der Waals surface area contributed by atoms with Crippen molar-refractivity contribution in [3.63, 3.8) is 0 Å². The molecule has 0 atom stereocenters. The number of aryl methyl sites for hydroxylation is 2. The number of fused-ring (bicyclic) bond motifs is 3. The number of hydrogen-bond donors (Lipinski definition) is 1. The molecule has 1 aliphatic rings. The van der Waals surface area contributed by atoms with E-state index in [4.69, 9.17) is 14.5 Å². The van der Waals surface area contributed by atoms with E-state index in [0.717, 1.165) is 41.5 Å². The van der Waals surface area contributed by atoms with Crippen LogP contribution in [0.15, 0.2) is 45.7 Å². The number of nitrogens with zero attached hydrogens (tertiary/aromatic N) is 1. The average Bonchev–Trinajstić information content (AvgIpc) is 3.18. The summed E-state index contributed by atoms with van der Waals surface area (Å²) in [6.07, 6.45) is 4.24. The van der Waals surface area contributed by atoms with Crippen LogP contribution in [0, 0.1) is 5.82 Å². The normalized spacial score (nSPS) is 13.2. The van der Waals surface area contributed by atoms with Crippen LogP contribution in [0.4, 0.5) is 4.39 Å². The van der Waals surface area contributed by atoms with E-state index in [1.165, 1.54) is 22.6 Å². The molecule has 8 heteroatoms. The third-order valence-electron chi connectivity index (χ3n) is 5.62. The van der Waals surface area contributed by atoms with Crippen LogP contribution in [-0.4, -0.2) is 17.1 Å². The van der Waals surface area contributed by atoms with E-state index >= 15 is 0 Å². The Morgan fingerprint density at radius 2 is 1.97 bits per heavy atom. The van der Waals surface area contributed by atoms with Crippen LogP contribution < -0.4 is 15.0 Å². The number of rotatable bonds is 5. The Bertz CT molecular complexity index is 1360. The van der Waals surface area contributed by atoms with Crippen LogP contribution in [0.5, 0.6) is 11.5 Å². The first-order valence-corrected chi connectivity index (χ1v) is 11.9. The standard InChI is InChI=1S/C24H20BrFN2O3S/c1-30-18-11-14(10-17(25)21(18)31-12-13-6-8-15(26)9-7-13)22-27-23(29)20-16-4-2-3-5-19(16)32-24(20)28-22/h6-11H,2-5,12H2,1H3,(H,27,28,29). The highest BCUT2D eigenvalue weighted by molar-refractivity contribution is 9.10. The number of ether oxygens (including phenoxy) is 2. The Hall–Kier alpha value is -2.71. The Balaban J connectivity index is 1.50. The lowest BCUT2D eigenvalue weighted by Crippen LogP contribution is -2.11. The Morgan fingerprint density at radius 3 is 2.75 bits per heavy atom. The van der Waals surface area contributed by atoms with Gasteiger partial charge in [0.2, 0.25) is 0 Å². The maximum atomic E-state index is 13.1. The summed E-state index contributed by atoms with van der Waals surface area (Å²) in [6, 6.07) is 9.79. The molecule has 32 heavy (non-hydrogen) atoms. The molecule has 2 aromatic carbocycles. The number of methoxy groups -OCH3 is 1. The minimum atomic E-state index is -0.290. The quantitative estimate of drug-likeness (QED) is 0.353. The SMILES string of the molecule is COc1cc(-c2nc3sc4c(c3c(=O)[nH]2)CCCC4)cc(Br)c1OCc1ccc(F)cc1. The molecule has 164 valence electrons. The topological polar surface area (TPSA) is 64.2 Å². The zero-order valence-electron chi connectivity index (χ0n) is 17.3. The summed E-state index contributed by atoms with van der Waals surface area (Å²) in [5.74, 6) is 1.23. The summed E-state index contributed by atoms with van der Waals surface area (Å²) in [4.78, 5) is 22.7. The van der Waals surface area contributed by atoms with Gasteiger partial charge in [0.05, 0.1) is 17.0 Å². The van der Waals surface area contributed by atoms with E-state index in [1.807, 2.05) is 6.07 Å². The molecular weight excluding hydrogens is 495 g/mol. The van der Waals surface area contributed by atoms with Crippen LogP contribution >= 0.6 is 27.3 Å². The van der Waals surface area contributed by atoms with Gasteiger partial charge >= 0.3 is 0 Å². The number of hydrogen-bond acceptors (Lipinski definition) is 5. The fourth-order valence-electron chi connectivity index (χ4n) is 4.03. The summed E-state index contributed by atoms with van der Waals surface area (Å²) in [7, 11) is 1.56. The number of aromatic amines is 1. The number of nitrogens with one attached hydrogen (secondary N) is 1. The first kappa shape index (κ1) is 21.2. The molecule has 1 aliphatic carbocycles. The minimum Gasteiger partial charge on any atom is -0.493 e. The second-order valence-electron chi connectivity index (χ2n) is 7.71. The van der Waals surface area contributed by atoms with Crippen molar-refractivity contribution in [1.82, 2.24) is 9.97 Å². The van der Waals surface area contributed by atoms with Crippen LogP contribution in [-0.2, 0) is 19.4 Å². The predicted octanol–water partition coefficient (Wildman–Crippen LogP) is 6.02. The van der Waals surface area contributed by atoms with Crippen molar-refractivity contribution < 1.29 is 13.9 Å². The Labute approximate surface area is 196 Å². The molecule has 0 spiro atoms. The zero-order valence-corrected chi connectivity index (χ0v) is 19.7. The molecule has 0 fully saturated rings. The van der Waals surface area contributed by atoms with Crippen molar-refractivity contribution in [2.45, 2.75) is 32.3 Å². The van der Waals surface area contributed by atoms with Gasteiger partial charge in [-0.25, -0.2) is 9.37 Å². The van der Waals surface area contributed by atoms with Gasteiger partial charge in [-0.05, 0) is 77.0 Å². The number of aromatic nitrogens is 2. The third kappa shape index (κ3) is 3.93. The smallest absolute Gasteiger partial charge is 0.260 e. The van der Waals surface area contributed by atoms with Crippen LogP contribution in [0.3, 0.4) is 0 Å². The maximum Gasteiger partial charge on any atom is 0.260 e. The van der Waals surface area contributed by atoms with Gasteiger partial charge in [-0.1, -0.05) is 12.1 Å². The van der Waals surface area contributed by atoms with E-state index in [2.05, 4.69) is 20.9 Å². The molecule has 5 nitrogen and oxygen atoms in total. The van der Waals surface area contributed by atoms with Gasteiger partial charge in [0, 0.05) is 10.4 Å². The Morgan fingerprint density at radius 1 is 1.19 bits per heavy atom. The lowest BCUT2D eigenvalue weighted by atomic mass is 9.97. The lowest BCUT2D eigenvalue weighted by Gasteiger charge is -2.14. The van der Waals surface area contributed by atoms with Crippen LogP contribution in [0.2, 0.25) is 0 Å². The molecule has 2 heterocycles.